The van der Waals surface area contributed by atoms with Gasteiger partial charge in [-0.2, -0.15) is 13.2 Å². The molecule has 17 heavy (non-hydrogen) atoms. The van der Waals surface area contributed by atoms with E-state index in [9.17, 15) is 18.3 Å². The highest BCUT2D eigenvalue weighted by molar-refractivity contribution is 5.36. The maximum atomic E-state index is 12.2. The van der Waals surface area contributed by atoms with Gasteiger partial charge in [-0.1, -0.05) is 0 Å². The number of alkyl halides is 3. The third-order valence-electron chi connectivity index (χ3n) is 2.75. The Balaban J connectivity index is 1.89. The fourth-order valence-electron chi connectivity index (χ4n) is 1.52. The second kappa shape index (κ2) is 4.52. The molecule has 0 saturated heterocycles. The van der Waals surface area contributed by atoms with E-state index in [4.69, 9.17) is 0 Å². The fraction of sp³-hybridized carbons (Fsp3) is 0.545. The number of nitrogens with zero attached hydrogens (tertiary/aromatic N) is 1. The van der Waals surface area contributed by atoms with E-state index < -0.39 is 17.8 Å². The van der Waals surface area contributed by atoms with Crippen LogP contribution >= 0.6 is 0 Å². The lowest BCUT2D eigenvalue weighted by Crippen LogP contribution is -2.21. The van der Waals surface area contributed by atoms with E-state index in [0.29, 0.717) is 18.3 Å². The first-order valence-electron chi connectivity index (χ1n) is 5.42. The van der Waals surface area contributed by atoms with Crippen LogP contribution in [0.25, 0.3) is 0 Å². The molecule has 1 aliphatic carbocycles. The summed E-state index contributed by atoms with van der Waals surface area (Å²) >= 11 is 0. The first-order chi connectivity index (χ1) is 7.97. The molecule has 1 heterocycles. The van der Waals surface area contributed by atoms with Crippen LogP contribution in [0.3, 0.4) is 0 Å². The summed E-state index contributed by atoms with van der Waals surface area (Å²) in [5.41, 5.74) is -0.772. The molecular weight excluding hydrogens is 233 g/mol. The molecule has 1 aromatic rings. The summed E-state index contributed by atoms with van der Waals surface area (Å²) < 4.78 is 36.7. The fourth-order valence-corrected chi connectivity index (χ4v) is 1.52. The van der Waals surface area contributed by atoms with E-state index in [1.165, 1.54) is 6.07 Å². The second-order valence-electron chi connectivity index (χ2n) is 4.22. The van der Waals surface area contributed by atoms with Gasteiger partial charge in [0.15, 0.2) is 0 Å². The predicted octanol–water partition coefficient (Wildman–Crippen LogP) is 2.28. The second-order valence-corrected chi connectivity index (χ2v) is 4.22. The van der Waals surface area contributed by atoms with Crippen LogP contribution in [-0.4, -0.2) is 22.7 Å². The van der Waals surface area contributed by atoms with E-state index in [1.54, 1.807) is 0 Å². The van der Waals surface area contributed by atoms with Gasteiger partial charge in [0.25, 0.3) is 0 Å². The van der Waals surface area contributed by atoms with Crippen molar-refractivity contribution >= 4 is 5.82 Å². The van der Waals surface area contributed by atoms with Crippen molar-refractivity contribution in [2.75, 3.05) is 11.9 Å². The lowest BCUT2D eigenvalue weighted by Gasteiger charge is -2.12. The minimum Gasteiger partial charge on any atom is -0.391 e. The summed E-state index contributed by atoms with van der Waals surface area (Å²) in [5.74, 6) is 0.676. The molecule has 0 radical (unpaired) electrons. The molecule has 1 aliphatic rings. The van der Waals surface area contributed by atoms with Crippen LogP contribution in [0.4, 0.5) is 19.0 Å². The molecular formula is C11H13F3N2O. The largest absolute Gasteiger partial charge is 0.417 e. The molecule has 1 unspecified atom stereocenters. The Bertz CT molecular complexity index is 373. The molecule has 6 heteroatoms. The van der Waals surface area contributed by atoms with Crippen molar-refractivity contribution in [3.63, 3.8) is 0 Å². The summed E-state index contributed by atoms with van der Waals surface area (Å²) in [6, 6.07) is 2.24. The molecule has 1 saturated carbocycles. The Labute approximate surface area is 96.7 Å². The Kier molecular flexibility index (Phi) is 3.24. The van der Waals surface area contributed by atoms with Crippen LogP contribution in [-0.2, 0) is 6.18 Å². The highest BCUT2D eigenvalue weighted by Gasteiger charge is 2.31. The summed E-state index contributed by atoms with van der Waals surface area (Å²) in [4.78, 5) is 3.65. The third kappa shape index (κ3) is 3.33. The zero-order valence-corrected chi connectivity index (χ0v) is 9.04. The number of anilines is 1. The Morgan fingerprint density at radius 3 is 2.59 bits per heavy atom. The van der Waals surface area contributed by atoms with Gasteiger partial charge < -0.3 is 10.4 Å². The van der Waals surface area contributed by atoms with Crippen molar-refractivity contribution in [3.8, 4) is 0 Å². The van der Waals surface area contributed by atoms with Gasteiger partial charge in [-0.25, -0.2) is 4.98 Å². The van der Waals surface area contributed by atoms with Crippen LogP contribution in [0.15, 0.2) is 18.3 Å². The smallest absolute Gasteiger partial charge is 0.391 e. The minimum absolute atomic E-state index is 0.322. The van der Waals surface area contributed by atoms with E-state index in [0.717, 1.165) is 25.1 Å². The molecule has 0 amide bonds. The molecule has 0 bridgehead atoms. The average molecular weight is 246 g/mol. The van der Waals surface area contributed by atoms with Gasteiger partial charge in [0, 0.05) is 12.7 Å². The zero-order valence-electron chi connectivity index (χ0n) is 9.04. The van der Waals surface area contributed by atoms with Gasteiger partial charge in [-0.15, -0.1) is 0 Å². The number of halogens is 3. The number of nitrogens with one attached hydrogen (secondary N) is 1. The van der Waals surface area contributed by atoms with Crippen LogP contribution in [0, 0.1) is 5.92 Å². The van der Waals surface area contributed by atoms with Gasteiger partial charge in [-0.05, 0) is 30.9 Å². The van der Waals surface area contributed by atoms with Crippen molar-refractivity contribution in [1.82, 2.24) is 4.98 Å². The summed E-state index contributed by atoms with van der Waals surface area (Å²) in [7, 11) is 0. The lowest BCUT2D eigenvalue weighted by atomic mass is 10.2. The quantitative estimate of drug-likeness (QED) is 0.856. The molecule has 1 fully saturated rings. The average Bonchev–Trinajstić information content (AvgIpc) is 3.09. The maximum absolute atomic E-state index is 12.2. The summed E-state index contributed by atoms with van der Waals surface area (Å²) in [5, 5.41) is 12.4. The topological polar surface area (TPSA) is 45.1 Å². The van der Waals surface area contributed by atoms with Crippen LogP contribution in [0.5, 0.6) is 0 Å². The van der Waals surface area contributed by atoms with E-state index in [1.807, 2.05) is 0 Å². The van der Waals surface area contributed by atoms with Crippen LogP contribution in [0.2, 0.25) is 0 Å². The Morgan fingerprint density at radius 1 is 1.41 bits per heavy atom. The lowest BCUT2D eigenvalue weighted by molar-refractivity contribution is -0.137. The van der Waals surface area contributed by atoms with Gasteiger partial charge in [-0.3, -0.25) is 0 Å². The number of aromatic nitrogens is 1. The molecule has 0 aromatic carbocycles. The number of hydrogen-bond donors (Lipinski definition) is 2. The molecule has 3 nitrogen and oxygen atoms in total. The number of hydrogen-bond acceptors (Lipinski definition) is 3. The SMILES string of the molecule is OC(CNc1ccc(C(F)(F)F)cn1)C1CC1. The standard InChI is InChI=1S/C11H13F3N2O/c12-11(13,14)8-3-4-10(15-5-8)16-6-9(17)7-1-2-7/h3-5,7,9,17H,1-2,6H2,(H,15,16). The number of rotatable bonds is 4. The van der Waals surface area contributed by atoms with Crippen molar-refractivity contribution in [1.29, 1.82) is 0 Å². The van der Waals surface area contributed by atoms with E-state index >= 15 is 0 Å². The van der Waals surface area contributed by atoms with Gasteiger partial charge in [0.1, 0.15) is 5.82 Å². The van der Waals surface area contributed by atoms with Crippen molar-refractivity contribution < 1.29 is 18.3 Å². The van der Waals surface area contributed by atoms with Crippen LogP contribution < -0.4 is 5.32 Å². The monoisotopic (exact) mass is 246 g/mol. The number of aliphatic hydroxyl groups excluding tert-OH is 1. The number of pyridine rings is 1. The van der Waals surface area contributed by atoms with Gasteiger partial charge >= 0.3 is 6.18 Å². The third-order valence-corrected chi connectivity index (χ3v) is 2.75. The molecule has 2 rings (SSSR count). The number of aliphatic hydroxyl groups is 1. The van der Waals surface area contributed by atoms with Crippen molar-refractivity contribution in [2.45, 2.75) is 25.1 Å². The van der Waals surface area contributed by atoms with Gasteiger partial charge in [0.05, 0.1) is 11.7 Å². The van der Waals surface area contributed by atoms with E-state index in [-0.39, 0.29) is 0 Å². The highest BCUT2D eigenvalue weighted by Crippen LogP contribution is 2.32. The molecule has 1 aromatic heterocycles. The molecule has 1 atom stereocenters. The normalized spacial score (nSPS) is 17.9. The molecule has 2 N–H and O–H groups in total. The van der Waals surface area contributed by atoms with Crippen LogP contribution in [0.1, 0.15) is 18.4 Å². The first-order valence-corrected chi connectivity index (χ1v) is 5.42. The minimum atomic E-state index is -4.36. The Hall–Kier alpha value is -1.30. The van der Waals surface area contributed by atoms with Crippen molar-refractivity contribution in [3.05, 3.63) is 23.9 Å². The predicted molar refractivity (Wildman–Crippen MR) is 56.5 cm³/mol. The Morgan fingerprint density at radius 2 is 2.12 bits per heavy atom. The summed E-state index contributed by atoms with van der Waals surface area (Å²) in [6.45, 7) is 0.322. The molecule has 94 valence electrons. The van der Waals surface area contributed by atoms with Gasteiger partial charge in [0.2, 0.25) is 0 Å². The zero-order chi connectivity index (χ0) is 12.5. The van der Waals surface area contributed by atoms with E-state index in [2.05, 4.69) is 10.3 Å². The molecule has 0 aliphatic heterocycles. The molecule has 0 spiro atoms. The summed E-state index contributed by atoms with van der Waals surface area (Å²) in [6.07, 6.45) is -1.99. The highest BCUT2D eigenvalue weighted by atomic mass is 19.4. The maximum Gasteiger partial charge on any atom is 0.417 e. The first kappa shape index (κ1) is 12.2. The van der Waals surface area contributed by atoms with Crippen molar-refractivity contribution in [2.24, 2.45) is 5.92 Å².